The topological polar surface area (TPSA) is 0 Å². The highest BCUT2D eigenvalue weighted by Crippen LogP contribution is 2.00. The Labute approximate surface area is 55.8 Å². The van der Waals surface area contributed by atoms with Crippen molar-refractivity contribution >= 4 is 0 Å². The number of hydrogen-bond donors (Lipinski definition) is 0. The molecule has 0 heteroatoms. The molecule has 1 aromatic carbocycles. The molecule has 0 aliphatic rings. The van der Waals surface area contributed by atoms with Crippen LogP contribution in [0.15, 0.2) is 24.2 Å². The Kier molecular flexibility index (Phi) is 0.553. The quantitative estimate of drug-likeness (QED) is 0.480. The van der Waals surface area contributed by atoms with Crippen molar-refractivity contribution in [3.63, 3.8) is 0 Å². The zero-order valence-electron chi connectivity index (χ0n) is 9.00. The second kappa shape index (κ2) is 1.99. The predicted molar refractivity (Wildman–Crippen MR) is 35.9 cm³/mol. The molecule has 0 atom stereocenters. The molecule has 0 unspecified atom stereocenters. The Hall–Kier alpha value is -0.780. The van der Waals surface area contributed by atoms with Gasteiger partial charge in [0.25, 0.3) is 0 Å². The Bertz CT molecular complexity index is 225. The summed E-state index contributed by atoms with van der Waals surface area (Å²) in [6.45, 7) is 3.27. The summed E-state index contributed by atoms with van der Waals surface area (Å²) in [5.41, 5.74) is 0.960. The smallest absolute Gasteiger partial charge is 0.0617 e. The van der Waals surface area contributed by atoms with E-state index >= 15 is 0 Å². The summed E-state index contributed by atoms with van der Waals surface area (Å²) < 4.78 is 29.7. The van der Waals surface area contributed by atoms with Crippen molar-refractivity contribution in [2.75, 3.05) is 0 Å². The standard InChI is InChI=1S/C8H10/c1-7-4-3-5-8(2)6-7/h3-6H,1-2H3/i3D,4D,5D,6D. The van der Waals surface area contributed by atoms with Crippen LogP contribution in [-0.4, -0.2) is 0 Å². The molecule has 8 heavy (non-hydrogen) atoms. The van der Waals surface area contributed by atoms with Crippen LogP contribution >= 0.6 is 0 Å². The van der Waals surface area contributed by atoms with Crippen LogP contribution in [0.2, 0.25) is 0 Å². The van der Waals surface area contributed by atoms with Gasteiger partial charge in [-0.2, -0.15) is 0 Å². The van der Waals surface area contributed by atoms with Gasteiger partial charge in [-0.25, -0.2) is 0 Å². The van der Waals surface area contributed by atoms with Crippen molar-refractivity contribution in [3.05, 3.63) is 35.3 Å². The van der Waals surface area contributed by atoms with Gasteiger partial charge in [0.2, 0.25) is 0 Å². The van der Waals surface area contributed by atoms with Crippen LogP contribution < -0.4 is 0 Å². The summed E-state index contributed by atoms with van der Waals surface area (Å²) >= 11 is 0. The molecule has 0 radical (unpaired) electrons. The third-order valence-electron chi connectivity index (χ3n) is 0.875. The molecule has 0 aromatic heterocycles. The molecule has 1 rings (SSSR count). The van der Waals surface area contributed by atoms with Crippen molar-refractivity contribution in [3.8, 4) is 0 Å². The highest BCUT2D eigenvalue weighted by atomic mass is 13.9. The van der Waals surface area contributed by atoms with Gasteiger partial charge in [0.05, 0.1) is 5.48 Å². The van der Waals surface area contributed by atoms with Crippen LogP contribution in [0.1, 0.15) is 16.6 Å². The van der Waals surface area contributed by atoms with Crippen LogP contribution in [0.5, 0.6) is 0 Å². The Morgan fingerprint density at radius 3 is 2.25 bits per heavy atom. The lowest BCUT2D eigenvalue weighted by molar-refractivity contribution is 1.39. The highest BCUT2D eigenvalue weighted by molar-refractivity contribution is 5.20. The van der Waals surface area contributed by atoms with Gasteiger partial charge in [0.15, 0.2) is 0 Å². The first kappa shape index (κ1) is 2.22. The van der Waals surface area contributed by atoms with Crippen LogP contribution in [-0.2, 0) is 0 Å². The fourth-order valence-corrected chi connectivity index (χ4v) is 0.562. The zero-order valence-corrected chi connectivity index (χ0v) is 5.00. The van der Waals surface area contributed by atoms with Crippen molar-refractivity contribution in [1.82, 2.24) is 0 Å². The van der Waals surface area contributed by atoms with Crippen LogP contribution in [0, 0.1) is 13.8 Å². The van der Waals surface area contributed by atoms with E-state index in [1.807, 2.05) is 0 Å². The minimum absolute atomic E-state index is 0.00407. The van der Waals surface area contributed by atoms with Crippen LogP contribution in [0.4, 0.5) is 0 Å². The van der Waals surface area contributed by atoms with Crippen molar-refractivity contribution in [2.24, 2.45) is 0 Å². The van der Waals surface area contributed by atoms with Crippen molar-refractivity contribution < 1.29 is 5.48 Å². The maximum Gasteiger partial charge on any atom is 0.0628 e. The van der Waals surface area contributed by atoms with Gasteiger partial charge in [-0.1, -0.05) is 35.3 Å². The van der Waals surface area contributed by atoms with E-state index in [1.165, 1.54) is 0 Å². The average molecular weight is 110 g/mol. The van der Waals surface area contributed by atoms with E-state index in [9.17, 15) is 0 Å². The van der Waals surface area contributed by atoms with E-state index in [-0.39, 0.29) is 24.2 Å². The number of hydrogen-bond acceptors (Lipinski definition) is 0. The normalized spacial score (nSPS) is 16.2. The molecule has 0 saturated heterocycles. The lowest BCUT2D eigenvalue weighted by Crippen LogP contribution is -1.71. The molecule has 0 spiro atoms. The maximum atomic E-state index is 7.50. The van der Waals surface area contributed by atoms with Crippen LogP contribution in [0.25, 0.3) is 0 Å². The van der Waals surface area contributed by atoms with Crippen molar-refractivity contribution in [1.29, 1.82) is 0 Å². The van der Waals surface area contributed by atoms with Gasteiger partial charge < -0.3 is 0 Å². The molecule has 0 aliphatic heterocycles. The van der Waals surface area contributed by atoms with E-state index in [0.717, 1.165) is 0 Å². The summed E-state index contributed by atoms with van der Waals surface area (Å²) in [6, 6.07) is 0.119. The molecule has 0 N–H and O–H groups in total. The molecule has 0 heterocycles. The molecule has 0 nitrogen and oxygen atoms in total. The molecule has 1 aromatic rings. The van der Waals surface area contributed by atoms with E-state index in [2.05, 4.69) is 0 Å². The van der Waals surface area contributed by atoms with E-state index in [1.54, 1.807) is 13.8 Å². The number of benzene rings is 1. The SMILES string of the molecule is [2H]c1c([2H])c(C)c([2H])c(C)c1[2H]. The van der Waals surface area contributed by atoms with E-state index in [4.69, 9.17) is 5.48 Å². The van der Waals surface area contributed by atoms with Gasteiger partial charge in [0, 0.05) is 0 Å². The highest BCUT2D eigenvalue weighted by Gasteiger charge is 1.80. The van der Waals surface area contributed by atoms with Crippen LogP contribution in [0.3, 0.4) is 0 Å². The first-order valence-electron chi connectivity index (χ1n) is 4.50. The molecule has 0 bridgehead atoms. The second-order valence-electron chi connectivity index (χ2n) is 1.75. The molecule has 0 amide bonds. The third kappa shape index (κ3) is 1.09. The first-order chi connectivity index (χ1) is 5.46. The molecule has 42 valence electrons. The fraction of sp³-hybridized carbons (Fsp3) is 0.250. The third-order valence-corrected chi connectivity index (χ3v) is 0.875. The molecule has 0 fully saturated rings. The monoisotopic (exact) mass is 110 g/mol. The molecule has 0 saturated carbocycles. The van der Waals surface area contributed by atoms with Gasteiger partial charge in [-0.05, 0) is 13.8 Å². The van der Waals surface area contributed by atoms with Gasteiger partial charge in [-0.15, -0.1) is 0 Å². The second-order valence-corrected chi connectivity index (χ2v) is 1.75. The van der Waals surface area contributed by atoms with Gasteiger partial charge in [-0.3, -0.25) is 0 Å². The van der Waals surface area contributed by atoms with Gasteiger partial charge >= 0.3 is 0 Å². The molecular formula is C8H10. The Morgan fingerprint density at radius 1 is 1.25 bits per heavy atom. The summed E-state index contributed by atoms with van der Waals surface area (Å²) in [5.74, 6) is 0. The lowest BCUT2D eigenvalue weighted by atomic mass is 10.2. The fourth-order valence-electron chi connectivity index (χ4n) is 0.562. The minimum atomic E-state index is -0.0824. The Morgan fingerprint density at radius 2 is 1.75 bits per heavy atom. The Balaban J connectivity index is 3.60. The summed E-state index contributed by atoms with van der Waals surface area (Å²) in [6.07, 6.45) is 0. The lowest BCUT2D eigenvalue weighted by Gasteiger charge is -1.90. The summed E-state index contributed by atoms with van der Waals surface area (Å²) in [7, 11) is 0. The van der Waals surface area contributed by atoms with E-state index in [0.29, 0.717) is 11.1 Å². The molecule has 0 aliphatic carbocycles. The predicted octanol–water partition coefficient (Wildman–Crippen LogP) is 2.30. The summed E-state index contributed by atoms with van der Waals surface area (Å²) in [5, 5.41) is 0. The zero-order chi connectivity index (χ0) is 9.46. The summed E-state index contributed by atoms with van der Waals surface area (Å²) in [4.78, 5) is 0. The van der Waals surface area contributed by atoms with E-state index < -0.39 is 0 Å². The maximum absolute atomic E-state index is 7.50. The van der Waals surface area contributed by atoms with Gasteiger partial charge in [0.1, 0.15) is 0 Å². The molecular weight excluding hydrogens is 96.1 g/mol. The average Bonchev–Trinajstić information content (AvgIpc) is 2.08. The number of rotatable bonds is 0. The van der Waals surface area contributed by atoms with Crippen molar-refractivity contribution in [2.45, 2.75) is 13.8 Å². The largest absolute Gasteiger partial charge is 0.0628 e. The first-order valence-corrected chi connectivity index (χ1v) is 2.50. The minimum Gasteiger partial charge on any atom is -0.0617 e.